The smallest absolute Gasteiger partial charge is 0.169 e. The summed E-state index contributed by atoms with van der Waals surface area (Å²) in [5.74, 6) is 0.584. The van der Waals surface area contributed by atoms with Crippen molar-refractivity contribution in [3.8, 4) is 0 Å². The SMILES string of the molecule is CC1(C)CN2C(=N1)SC(I)=C2CCl. The number of amidine groups is 1. The van der Waals surface area contributed by atoms with E-state index in [1.165, 1.54) is 8.61 Å². The first-order valence-corrected chi connectivity index (χ1v) is 6.46. The molecule has 5 heteroatoms. The molecule has 0 amide bonds. The number of nitrogens with zero attached hydrogens (tertiary/aromatic N) is 2. The zero-order chi connectivity index (χ0) is 9.64. The predicted octanol–water partition coefficient (Wildman–Crippen LogP) is 3.03. The van der Waals surface area contributed by atoms with E-state index < -0.39 is 0 Å². The second-order valence-electron chi connectivity index (χ2n) is 3.75. The summed E-state index contributed by atoms with van der Waals surface area (Å²) in [5, 5.41) is 1.12. The van der Waals surface area contributed by atoms with E-state index in [1.807, 2.05) is 0 Å². The molecule has 0 bridgehead atoms. The Morgan fingerprint density at radius 3 is 3.00 bits per heavy atom. The Hall–Kier alpha value is 0.580. The van der Waals surface area contributed by atoms with Crippen LogP contribution in [0, 0.1) is 0 Å². The van der Waals surface area contributed by atoms with E-state index in [-0.39, 0.29) is 5.54 Å². The maximum absolute atomic E-state index is 5.89. The van der Waals surface area contributed by atoms with Crippen LogP contribution in [0.2, 0.25) is 0 Å². The second kappa shape index (κ2) is 3.31. The van der Waals surface area contributed by atoms with Gasteiger partial charge in [0.2, 0.25) is 0 Å². The summed E-state index contributed by atoms with van der Waals surface area (Å²) >= 11 is 9.95. The Morgan fingerprint density at radius 1 is 1.69 bits per heavy atom. The van der Waals surface area contributed by atoms with E-state index in [9.17, 15) is 0 Å². The number of thioether (sulfide) groups is 1. The lowest BCUT2D eigenvalue weighted by Crippen LogP contribution is -2.29. The van der Waals surface area contributed by atoms with Crippen LogP contribution in [0.1, 0.15) is 13.8 Å². The van der Waals surface area contributed by atoms with E-state index in [0.29, 0.717) is 5.88 Å². The third kappa shape index (κ3) is 1.72. The normalized spacial score (nSPS) is 25.2. The molecule has 2 rings (SSSR count). The summed E-state index contributed by atoms with van der Waals surface area (Å²) in [5.41, 5.74) is 1.27. The molecule has 0 spiro atoms. The molecule has 0 aliphatic carbocycles. The van der Waals surface area contributed by atoms with Crippen LogP contribution in [0.3, 0.4) is 0 Å². The highest BCUT2D eigenvalue weighted by Crippen LogP contribution is 2.43. The van der Waals surface area contributed by atoms with Crippen molar-refractivity contribution in [3.63, 3.8) is 0 Å². The van der Waals surface area contributed by atoms with Crippen molar-refractivity contribution in [1.82, 2.24) is 4.90 Å². The molecule has 2 heterocycles. The zero-order valence-electron chi connectivity index (χ0n) is 7.47. The second-order valence-corrected chi connectivity index (χ2v) is 6.80. The third-order valence-electron chi connectivity index (χ3n) is 2.03. The molecule has 0 N–H and O–H groups in total. The molecule has 0 radical (unpaired) electrons. The quantitative estimate of drug-likeness (QED) is 0.543. The number of halogens is 2. The van der Waals surface area contributed by atoms with Crippen LogP contribution in [0.4, 0.5) is 0 Å². The number of allylic oxidation sites excluding steroid dienone is 1. The molecule has 2 aliphatic heterocycles. The van der Waals surface area contributed by atoms with Crippen molar-refractivity contribution in [2.24, 2.45) is 4.99 Å². The highest BCUT2D eigenvalue weighted by atomic mass is 127. The van der Waals surface area contributed by atoms with Gasteiger partial charge < -0.3 is 4.90 Å². The highest BCUT2D eigenvalue weighted by molar-refractivity contribution is 14.1. The molecule has 13 heavy (non-hydrogen) atoms. The first-order chi connectivity index (χ1) is 6.03. The Morgan fingerprint density at radius 2 is 2.38 bits per heavy atom. The van der Waals surface area contributed by atoms with Crippen LogP contribution in [0.15, 0.2) is 13.6 Å². The number of alkyl halides is 1. The molecule has 0 aromatic carbocycles. The molecule has 0 aromatic rings. The van der Waals surface area contributed by atoms with Crippen molar-refractivity contribution < 1.29 is 0 Å². The summed E-state index contributed by atoms with van der Waals surface area (Å²) in [6.07, 6.45) is 0. The number of hydrogen-bond donors (Lipinski definition) is 0. The molecule has 2 aliphatic rings. The van der Waals surface area contributed by atoms with Crippen molar-refractivity contribution in [3.05, 3.63) is 8.61 Å². The fourth-order valence-corrected chi connectivity index (χ4v) is 4.16. The van der Waals surface area contributed by atoms with Gasteiger partial charge in [0.1, 0.15) is 0 Å². The standard InChI is InChI=1S/C8H10ClIN2S/c1-8(2)4-12-5(3-9)6(10)13-7(12)11-8/h3-4H2,1-2H3. The monoisotopic (exact) mass is 328 g/mol. The number of rotatable bonds is 1. The topological polar surface area (TPSA) is 15.6 Å². The van der Waals surface area contributed by atoms with E-state index in [4.69, 9.17) is 11.6 Å². The fraction of sp³-hybridized carbons (Fsp3) is 0.625. The average molecular weight is 329 g/mol. The van der Waals surface area contributed by atoms with Crippen molar-refractivity contribution in [1.29, 1.82) is 0 Å². The van der Waals surface area contributed by atoms with Gasteiger partial charge in [0.15, 0.2) is 5.17 Å². The molecule has 0 saturated carbocycles. The molecule has 72 valence electrons. The minimum absolute atomic E-state index is 0.0526. The van der Waals surface area contributed by atoms with Crippen LogP contribution in [-0.4, -0.2) is 28.0 Å². The Labute approximate surface area is 101 Å². The molecule has 0 saturated heterocycles. The summed E-state index contributed by atoms with van der Waals surface area (Å²) in [7, 11) is 0. The zero-order valence-corrected chi connectivity index (χ0v) is 11.2. The van der Waals surface area contributed by atoms with Crippen LogP contribution >= 0.6 is 46.0 Å². The largest absolute Gasteiger partial charge is 0.319 e. The van der Waals surface area contributed by atoms with Gasteiger partial charge in [0, 0.05) is 6.54 Å². The van der Waals surface area contributed by atoms with E-state index in [1.54, 1.807) is 11.8 Å². The molecule has 0 atom stereocenters. The summed E-state index contributed by atoms with van der Waals surface area (Å²) in [6, 6.07) is 0. The number of hydrogen-bond acceptors (Lipinski definition) is 3. The average Bonchev–Trinajstić information content (AvgIpc) is 2.39. The molecular formula is C8H10ClIN2S. The van der Waals surface area contributed by atoms with Gasteiger partial charge in [0.25, 0.3) is 0 Å². The first kappa shape index (κ1) is 10.1. The number of fused-ring (bicyclic) bond motifs is 1. The lowest BCUT2D eigenvalue weighted by Gasteiger charge is -2.19. The molecule has 0 unspecified atom stereocenters. The lowest BCUT2D eigenvalue weighted by atomic mass is 10.1. The minimum atomic E-state index is 0.0526. The predicted molar refractivity (Wildman–Crippen MR) is 67.6 cm³/mol. The van der Waals surface area contributed by atoms with Gasteiger partial charge in [0.05, 0.1) is 20.0 Å². The van der Waals surface area contributed by atoms with Gasteiger partial charge in [-0.2, -0.15) is 0 Å². The van der Waals surface area contributed by atoms with Gasteiger partial charge in [-0.25, -0.2) is 0 Å². The van der Waals surface area contributed by atoms with Gasteiger partial charge in [-0.3, -0.25) is 4.99 Å². The first-order valence-electron chi connectivity index (χ1n) is 4.03. The van der Waals surface area contributed by atoms with Crippen LogP contribution in [0.5, 0.6) is 0 Å². The molecule has 0 aromatic heterocycles. The van der Waals surface area contributed by atoms with Gasteiger partial charge in [-0.15, -0.1) is 11.6 Å². The maximum Gasteiger partial charge on any atom is 0.169 e. The van der Waals surface area contributed by atoms with Crippen LogP contribution in [-0.2, 0) is 0 Å². The number of aliphatic imine (C=N–C) groups is 1. The molecule has 0 fully saturated rings. The fourth-order valence-electron chi connectivity index (χ4n) is 1.47. The summed E-state index contributed by atoms with van der Waals surface area (Å²) < 4.78 is 1.27. The van der Waals surface area contributed by atoms with E-state index in [2.05, 4.69) is 46.3 Å². The lowest BCUT2D eigenvalue weighted by molar-refractivity contribution is 0.436. The molecular weight excluding hydrogens is 319 g/mol. The van der Waals surface area contributed by atoms with Crippen LogP contribution in [0.25, 0.3) is 0 Å². The highest BCUT2D eigenvalue weighted by Gasteiger charge is 2.38. The summed E-state index contributed by atoms with van der Waals surface area (Å²) in [4.78, 5) is 6.87. The van der Waals surface area contributed by atoms with Gasteiger partial charge >= 0.3 is 0 Å². The van der Waals surface area contributed by atoms with Crippen molar-refractivity contribution in [2.75, 3.05) is 12.4 Å². The van der Waals surface area contributed by atoms with Crippen molar-refractivity contribution >= 4 is 51.1 Å². The maximum atomic E-state index is 5.89. The Bertz CT molecular complexity index is 311. The van der Waals surface area contributed by atoms with E-state index in [0.717, 1.165) is 11.7 Å². The van der Waals surface area contributed by atoms with Gasteiger partial charge in [-0.1, -0.05) is 0 Å². The third-order valence-corrected chi connectivity index (χ3v) is 4.48. The summed E-state index contributed by atoms with van der Waals surface area (Å²) in [6.45, 7) is 5.26. The van der Waals surface area contributed by atoms with Crippen molar-refractivity contribution in [2.45, 2.75) is 19.4 Å². The minimum Gasteiger partial charge on any atom is -0.319 e. The Kier molecular flexibility index (Phi) is 2.57. The van der Waals surface area contributed by atoms with E-state index >= 15 is 0 Å². The van der Waals surface area contributed by atoms with Gasteiger partial charge in [-0.05, 0) is 48.2 Å². The Balaban J connectivity index is 2.29. The van der Waals surface area contributed by atoms with Crippen LogP contribution < -0.4 is 0 Å². The molecule has 2 nitrogen and oxygen atoms in total.